The van der Waals surface area contributed by atoms with E-state index in [9.17, 15) is 0 Å². The minimum absolute atomic E-state index is 0.486. The highest BCUT2D eigenvalue weighted by Gasteiger charge is 2.22. The van der Waals surface area contributed by atoms with Gasteiger partial charge < -0.3 is 4.74 Å². The van der Waals surface area contributed by atoms with Crippen molar-refractivity contribution < 1.29 is 4.74 Å². The fourth-order valence-electron chi connectivity index (χ4n) is 3.32. The summed E-state index contributed by atoms with van der Waals surface area (Å²) in [5, 5.41) is 0.780. The van der Waals surface area contributed by atoms with Crippen LogP contribution >= 0.6 is 11.6 Å². The summed E-state index contributed by atoms with van der Waals surface area (Å²) in [6, 6.07) is 16.9. The maximum Gasteiger partial charge on any atom is 0.0575 e. The lowest BCUT2D eigenvalue weighted by Crippen LogP contribution is -2.24. The smallest absolute Gasteiger partial charge is 0.0575 e. The summed E-state index contributed by atoms with van der Waals surface area (Å²) in [6.45, 7) is 3.11. The van der Waals surface area contributed by atoms with Gasteiger partial charge in [-0.1, -0.05) is 67.8 Å². The summed E-state index contributed by atoms with van der Waals surface area (Å²) in [6.07, 6.45) is 6.69. The second kappa shape index (κ2) is 7.99. The van der Waals surface area contributed by atoms with Gasteiger partial charge in [0.25, 0.3) is 0 Å². The molecule has 0 aliphatic carbocycles. The van der Waals surface area contributed by atoms with Gasteiger partial charge in [-0.2, -0.15) is 0 Å². The summed E-state index contributed by atoms with van der Waals surface area (Å²) in [4.78, 5) is 0. The molecule has 2 heteroatoms. The summed E-state index contributed by atoms with van der Waals surface area (Å²) in [5.41, 5.74) is 3.85. The first kappa shape index (κ1) is 16.5. The van der Waals surface area contributed by atoms with Crippen LogP contribution in [0.5, 0.6) is 0 Å². The van der Waals surface area contributed by atoms with Crippen molar-refractivity contribution in [3.63, 3.8) is 0 Å². The molecule has 0 spiro atoms. The number of halogens is 1. The Labute approximate surface area is 144 Å². The zero-order valence-corrected chi connectivity index (χ0v) is 14.6. The molecule has 0 N–H and O–H groups in total. The Bertz CT molecular complexity index is 595. The molecular formula is C21H25ClO. The quantitative estimate of drug-likeness (QED) is 0.612. The molecule has 2 aromatic rings. The molecule has 122 valence electrons. The Kier molecular flexibility index (Phi) is 5.75. The van der Waals surface area contributed by atoms with Crippen LogP contribution in [0.3, 0.4) is 0 Å². The lowest BCUT2D eigenvalue weighted by atomic mass is 9.89. The summed E-state index contributed by atoms with van der Waals surface area (Å²) >= 11 is 5.96. The number of hydrogen-bond donors (Lipinski definition) is 0. The van der Waals surface area contributed by atoms with Crippen LogP contribution in [0.2, 0.25) is 5.02 Å². The van der Waals surface area contributed by atoms with E-state index in [4.69, 9.17) is 16.3 Å². The Morgan fingerprint density at radius 3 is 2.17 bits per heavy atom. The highest BCUT2D eigenvalue weighted by atomic mass is 35.5. The molecule has 1 aliphatic rings. The highest BCUT2D eigenvalue weighted by molar-refractivity contribution is 6.30. The fraction of sp³-hybridized carbons (Fsp3) is 0.429. The molecule has 0 amide bonds. The first-order valence-corrected chi connectivity index (χ1v) is 9.11. The molecule has 2 aromatic carbocycles. The van der Waals surface area contributed by atoms with Crippen LogP contribution in [0.25, 0.3) is 11.1 Å². The van der Waals surface area contributed by atoms with E-state index in [-0.39, 0.29) is 0 Å². The topological polar surface area (TPSA) is 9.23 Å². The van der Waals surface area contributed by atoms with Gasteiger partial charge in [0.15, 0.2) is 0 Å². The Morgan fingerprint density at radius 2 is 1.61 bits per heavy atom. The molecule has 0 aromatic heterocycles. The number of benzene rings is 2. The van der Waals surface area contributed by atoms with Crippen LogP contribution in [-0.2, 0) is 4.74 Å². The number of ether oxygens (including phenoxy) is 1. The van der Waals surface area contributed by atoms with Gasteiger partial charge in [-0.3, -0.25) is 0 Å². The lowest BCUT2D eigenvalue weighted by molar-refractivity contribution is -0.00189. The van der Waals surface area contributed by atoms with Crippen molar-refractivity contribution in [2.75, 3.05) is 6.61 Å². The molecule has 1 nitrogen and oxygen atoms in total. The van der Waals surface area contributed by atoms with Gasteiger partial charge in [-0.25, -0.2) is 0 Å². The van der Waals surface area contributed by atoms with Crippen molar-refractivity contribution >= 4 is 11.6 Å². The van der Waals surface area contributed by atoms with Crippen LogP contribution in [0.1, 0.15) is 50.5 Å². The maximum absolute atomic E-state index is 6.06. The molecule has 0 radical (unpaired) electrons. The lowest BCUT2D eigenvalue weighted by Gasteiger charge is -2.29. The average Bonchev–Trinajstić information content (AvgIpc) is 2.61. The van der Waals surface area contributed by atoms with Crippen molar-refractivity contribution in [1.82, 2.24) is 0 Å². The Balaban J connectivity index is 1.61. The number of unbranched alkanes of at least 4 members (excludes halogenated alkanes) is 1. The van der Waals surface area contributed by atoms with Crippen LogP contribution in [0, 0.1) is 0 Å². The van der Waals surface area contributed by atoms with Gasteiger partial charge >= 0.3 is 0 Å². The minimum atomic E-state index is 0.486. The largest absolute Gasteiger partial charge is 0.378 e. The third-order valence-corrected chi connectivity index (χ3v) is 5.06. The molecule has 0 saturated carbocycles. The second-order valence-electron chi connectivity index (χ2n) is 6.50. The normalized spacial score (nSPS) is 21.3. The highest BCUT2D eigenvalue weighted by Crippen LogP contribution is 2.31. The number of rotatable bonds is 5. The zero-order chi connectivity index (χ0) is 16.1. The third-order valence-electron chi connectivity index (χ3n) is 4.81. The first-order valence-electron chi connectivity index (χ1n) is 8.73. The zero-order valence-electron chi connectivity index (χ0n) is 13.8. The van der Waals surface area contributed by atoms with Crippen LogP contribution in [0.4, 0.5) is 0 Å². The van der Waals surface area contributed by atoms with Crippen LogP contribution in [0.15, 0.2) is 48.5 Å². The molecule has 2 atom stereocenters. The SMILES string of the molecule is CCCCC1CCC(c2ccc(-c3ccc(Cl)cc3)cc2)CO1. The van der Waals surface area contributed by atoms with Crippen molar-refractivity contribution in [2.24, 2.45) is 0 Å². The minimum Gasteiger partial charge on any atom is -0.378 e. The van der Waals surface area contributed by atoms with Gasteiger partial charge in [-0.15, -0.1) is 0 Å². The second-order valence-corrected chi connectivity index (χ2v) is 6.94. The molecule has 0 bridgehead atoms. The Hall–Kier alpha value is -1.31. The monoisotopic (exact) mass is 328 g/mol. The maximum atomic E-state index is 6.06. The van der Waals surface area contributed by atoms with Crippen molar-refractivity contribution in [3.8, 4) is 11.1 Å². The van der Waals surface area contributed by atoms with E-state index in [0.29, 0.717) is 12.0 Å². The molecule has 1 heterocycles. The van der Waals surface area contributed by atoms with E-state index in [1.165, 1.54) is 48.8 Å². The van der Waals surface area contributed by atoms with Crippen molar-refractivity contribution in [3.05, 3.63) is 59.1 Å². The van der Waals surface area contributed by atoms with Gasteiger partial charge in [0.2, 0.25) is 0 Å². The molecular weight excluding hydrogens is 304 g/mol. The van der Waals surface area contributed by atoms with E-state index >= 15 is 0 Å². The summed E-state index contributed by atoms with van der Waals surface area (Å²) in [7, 11) is 0. The van der Waals surface area contributed by atoms with E-state index in [0.717, 1.165) is 11.6 Å². The molecule has 3 rings (SSSR count). The van der Waals surface area contributed by atoms with Gasteiger partial charge in [0.1, 0.15) is 0 Å². The van der Waals surface area contributed by atoms with E-state index in [1.807, 2.05) is 12.1 Å². The Morgan fingerprint density at radius 1 is 0.957 bits per heavy atom. The predicted molar refractivity (Wildman–Crippen MR) is 98.1 cm³/mol. The third kappa shape index (κ3) is 4.37. The summed E-state index contributed by atoms with van der Waals surface area (Å²) < 4.78 is 6.06. The number of hydrogen-bond acceptors (Lipinski definition) is 1. The van der Waals surface area contributed by atoms with Gasteiger partial charge in [0.05, 0.1) is 12.7 Å². The predicted octanol–water partition coefficient (Wildman–Crippen LogP) is 6.46. The van der Waals surface area contributed by atoms with E-state index in [1.54, 1.807) is 0 Å². The van der Waals surface area contributed by atoms with Gasteiger partial charge in [-0.05, 0) is 48.1 Å². The molecule has 1 fully saturated rings. The first-order chi connectivity index (χ1) is 11.3. The van der Waals surface area contributed by atoms with Crippen molar-refractivity contribution in [1.29, 1.82) is 0 Å². The standard InChI is InChI=1S/C21H25ClO/c1-2-3-4-21-14-11-19(15-23-21)18-7-5-16(6-8-18)17-9-12-20(22)13-10-17/h5-10,12-13,19,21H,2-4,11,14-15H2,1H3. The fourth-order valence-corrected chi connectivity index (χ4v) is 3.44. The molecule has 1 aliphatic heterocycles. The molecule has 2 unspecified atom stereocenters. The van der Waals surface area contributed by atoms with Crippen molar-refractivity contribution in [2.45, 2.75) is 51.0 Å². The van der Waals surface area contributed by atoms with Crippen LogP contribution < -0.4 is 0 Å². The van der Waals surface area contributed by atoms with Gasteiger partial charge in [0, 0.05) is 10.9 Å². The molecule has 23 heavy (non-hydrogen) atoms. The van der Waals surface area contributed by atoms with Crippen LogP contribution in [-0.4, -0.2) is 12.7 Å². The van der Waals surface area contributed by atoms with E-state index < -0.39 is 0 Å². The molecule has 1 saturated heterocycles. The van der Waals surface area contributed by atoms with E-state index in [2.05, 4.69) is 43.3 Å². The average molecular weight is 329 g/mol. The summed E-state index contributed by atoms with van der Waals surface area (Å²) in [5.74, 6) is 0.548.